The van der Waals surface area contributed by atoms with E-state index in [4.69, 9.17) is 0 Å². The number of hydrogen-bond donors (Lipinski definition) is 2. The molecule has 0 unspecified atom stereocenters. The van der Waals surface area contributed by atoms with Gasteiger partial charge < -0.3 is 10.4 Å². The van der Waals surface area contributed by atoms with Crippen molar-refractivity contribution in [3.8, 4) is 0 Å². The molecule has 0 saturated carbocycles. The summed E-state index contributed by atoms with van der Waals surface area (Å²) in [6.07, 6.45) is 2.33. The van der Waals surface area contributed by atoms with Gasteiger partial charge in [-0.2, -0.15) is 0 Å². The lowest BCUT2D eigenvalue weighted by Gasteiger charge is -2.43. The maximum Gasteiger partial charge on any atom is 0.158 e. The summed E-state index contributed by atoms with van der Waals surface area (Å²) in [6.45, 7) is 7.61. The quantitative estimate of drug-likeness (QED) is 0.745. The number of nitrogens with one attached hydrogen (secondary N) is 1. The molecule has 2 N–H and O–H groups in total. The molecule has 4 heteroatoms. The molecule has 1 aromatic carbocycles. The minimum Gasteiger partial charge on any atom is -0.389 e. The molecule has 0 aliphatic heterocycles. The second-order valence-corrected chi connectivity index (χ2v) is 7.24. The summed E-state index contributed by atoms with van der Waals surface area (Å²) in [7, 11) is 0. The van der Waals surface area contributed by atoms with Gasteiger partial charge in [-0.05, 0) is 32.8 Å². The van der Waals surface area contributed by atoms with E-state index in [9.17, 15) is 14.7 Å². The van der Waals surface area contributed by atoms with Crippen molar-refractivity contribution in [3.63, 3.8) is 0 Å². The van der Waals surface area contributed by atoms with Crippen LogP contribution in [0.5, 0.6) is 0 Å². The topological polar surface area (TPSA) is 66.4 Å². The number of carbonyl (C=O) groups is 2. The van der Waals surface area contributed by atoms with Crippen LogP contribution in [-0.4, -0.2) is 28.8 Å². The van der Waals surface area contributed by atoms with Crippen molar-refractivity contribution >= 4 is 11.6 Å². The van der Waals surface area contributed by atoms with Crippen LogP contribution in [0.2, 0.25) is 0 Å². The number of aliphatic hydroxyl groups is 1. The highest BCUT2D eigenvalue weighted by molar-refractivity contribution is 5.98. The van der Waals surface area contributed by atoms with Crippen molar-refractivity contribution in [2.24, 2.45) is 5.92 Å². The van der Waals surface area contributed by atoms with Crippen molar-refractivity contribution in [2.45, 2.75) is 58.5 Å². The molecule has 0 bridgehead atoms. The molecule has 0 spiro atoms. The second-order valence-electron chi connectivity index (χ2n) is 7.24. The third-order valence-corrected chi connectivity index (χ3v) is 5.02. The number of rotatable bonds is 7. The maximum atomic E-state index is 12.5. The summed E-state index contributed by atoms with van der Waals surface area (Å²) in [5.74, 6) is -1.20. The van der Waals surface area contributed by atoms with Crippen LogP contribution in [0.15, 0.2) is 41.6 Å². The fourth-order valence-corrected chi connectivity index (χ4v) is 3.97. The smallest absolute Gasteiger partial charge is 0.158 e. The number of allylic oxidation sites excluding steroid dienone is 1. The molecule has 0 aromatic heterocycles. The van der Waals surface area contributed by atoms with Gasteiger partial charge >= 0.3 is 0 Å². The van der Waals surface area contributed by atoms with Crippen molar-refractivity contribution in [3.05, 3.63) is 47.2 Å². The molecule has 0 radical (unpaired) electrons. The summed E-state index contributed by atoms with van der Waals surface area (Å²) < 4.78 is 0. The minimum atomic E-state index is -1.19. The van der Waals surface area contributed by atoms with Gasteiger partial charge in [-0.1, -0.05) is 43.7 Å². The van der Waals surface area contributed by atoms with Crippen LogP contribution in [0.1, 0.15) is 58.4 Å². The van der Waals surface area contributed by atoms with Crippen LogP contribution in [0.25, 0.3) is 0 Å². The summed E-state index contributed by atoms with van der Waals surface area (Å²) in [5, 5.41) is 14.4. The molecular weight excluding hydrogens is 314 g/mol. The van der Waals surface area contributed by atoms with Gasteiger partial charge in [0.1, 0.15) is 5.78 Å². The van der Waals surface area contributed by atoms with Gasteiger partial charge in [-0.3, -0.25) is 9.59 Å². The molecule has 136 valence electrons. The lowest BCUT2D eigenvalue weighted by Crippen LogP contribution is -2.49. The Morgan fingerprint density at radius 1 is 1.24 bits per heavy atom. The Morgan fingerprint density at radius 2 is 1.88 bits per heavy atom. The number of ketones is 2. The standard InChI is InChI=1S/C21H29NO3/c1-5-6-12-22-17-13-21(4,25)20(15(3)24)19(18(17)14(2)23)16-10-8-7-9-11-16/h7-11,19-20,22,25H,5-6,12-13H2,1-4H3/t19-,20+,21-/m0/s1. The van der Waals surface area contributed by atoms with Crippen LogP contribution in [0, 0.1) is 5.92 Å². The van der Waals surface area contributed by atoms with E-state index in [1.165, 1.54) is 6.92 Å². The van der Waals surface area contributed by atoms with E-state index in [1.807, 2.05) is 30.3 Å². The molecular formula is C21H29NO3. The summed E-state index contributed by atoms with van der Waals surface area (Å²) in [4.78, 5) is 24.9. The molecule has 0 saturated heterocycles. The highest BCUT2D eigenvalue weighted by Gasteiger charge is 2.48. The van der Waals surface area contributed by atoms with E-state index in [1.54, 1.807) is 13.8 Å². The molecule has 1 aliphatic rings. The molecule has 0 heterocycles. The first-order valence-electron chi connectivity index (χ1n) is 9.05. The van der Waals surface area contributed by atoms with Crippen LogP contribution in [0.4, 0.5) is 0 Å². The molecule has 0 fully saturated rings. The Hall–Kier alpha value is -1.94. The van der Waals surface area contributed by atoms with Gasteiger partial charge in [-0.15, -0.1) is 0 Å². The van der Waals surface area contributed by atoms with Crippen molar-refractivity contribution in [1.82, 2.24) is 5.32 Å². The third-order valence-electron chi connectivity index (χ3n) is 5.02. The van der Waals surface area contributed by atoms with E-state index < -0.39 is 17.4 Å². The zero-order valence-corrected chi connectivity index (χ0v) is 15.6. The fourth-order valence-electron chi connectivity index (χ4n) is 3.97. The van der Waals surface area contributed by atoms with Gasteiger partial charge in [0.05, 0.1) is 11.5 Å². The van der Waals surface area contributed by atoms with E-state index in [0.717, 1.165) is 30.6 Å². The van der Waals surface area contributed by atoms with Crippen molar-refractivity contribution in [1.29, 1.82) is 0 Å². The Labute approximate surface area is 150 Å². The molecule has 2 rings (SSSR count). The predicted octanol–water partition coefficient (Wildman–Crippen LogP) is 3.36. The molecule has 4 nitrogen and oxygen atoms in total. The number of carbonyl (C=O) groups excluding carboxylic acids is 2. The molecule has 3 atom stereocenters. The minimum absolute atomic E-state index is 0.0467. The van der Waals surface area contributed by atoms with Crippen molar-refractivity contribution < 1.29 is 14.7 Å². The zero-order valence-electron chi connectivity index (χ0n) is 15.6. The number of benzene rings is 1. The summed E-state index contributed by atoms with van der Waals surface area (Å²) in [5.41, 5.74) is 1.11. The number of unbranched alkanes of at least 4 members (excludes halogenated alkanes) is 1. The Kier molecular flexibility index (Phi) is 6.17. The largest absolute Gasteiger partial charge is 0.389 e. The number of Topliss-reactive ketones (excluding diaryl/α,β-unsaturated/α-hetero) is 2. The van der Waals surface area contributed by atoms with Gasteiger partial charge in [0.25, 0.3) is 0 Å². The first kappa shape index (κ1) is 19.4. The van der Waals surface area contributed by atoms with E-state index >= 15 is 0 Å². The second kappa shape index (κ2) is 7.96. The Morgan fingerprint density at radius 3 is 2.40 bits per heavy atom. The highest BCUT2D eigenvalue weighted by Crippen LogP contribution is 2.46. The van der Waals surface area contributed by atoms with E-state index in [2.05, 4.69) is 12.2 Å². The van der Waals surface area contributed by atoms with Gasteiger partial charge in [-0.25, -0.2) is 0 Å². The fraction of sp³-hybridized carbons (Fsp3) is 0.524. The Balaban J connectivity index is 2.61. The normalized spacial score (nSPS) is 26.4. The SMILES string of the molecule is CCCCNC1=C(C(C)=O)[C@H](c2ccccc2)[C@@H](C(C)=O)[C@@](C)(O)C1. The Bertz CT molecular complexity index is 661. The third kappa shape index (κ3) is 4.18. The van der Waals surface area contributed by atoms with E-state index in [-0.39, 0.29) is 11.6 Å². The average molecular weight is 343 g/mol. The van der Waals surface area contributed by atoms with Gasteiger partial charge in [0.15, 0.2) is 5.78 Å². The first-order valence-corrected chi connectivity index (χ1v) is 9.05. The summed E-state index contributed by atoms with van der Waals surface area (Å²) in [6, 6.07) is 9.56. The van der Waals surface area contributed by atoms with Crippen molar-refractivity contribution in [2.75, 3.05) is 6.54 Å². The van der Waals surface area contributed by atoms with Crippen LogP contribution in [-0.2, 0) is 9.59 Å². The van der Waals surface area contributed by atoms with Crippen LogP contribution >= 0.6 is 0 Å². The lowest BCUT2D eigenvalue weighted by molar-refractivity contribution is -0.131. The monoisotopic (exact) mass is 343 g/mol. The zero-order chi connectivity index (χ0) is 18.6. The molecule has 0 amide bonds. The molecule has 1 aliphatic carbocycles. The van der Waals surface area contributed by atoms with Gasteiger partial charge in [0.2, 0.25) is 0 Å². The maximum absolute atomic E-state index is 12.5. The highest BCUT2D eigenvalue weighted by atomic mass is 16.3. The van der Waals surface area contributed by atoms with Gasteiger partial charge in [0, 0.05) is 30.2 Å². The first-order chi connectivity index (χ1) is 11.8. The molecule has 25 heavy (non-hydrogen) atoms. The number of hydrogen-bond acceptors (Lipinski definition) is 4. The predicted molar refractivity (Wildman–Crippen MR) is 99.2 cm³/mol. The lowest BCUT2D eigenvalue weighted by atomic mass is 9.64. The molecule has 1 aromatic rings. The summed E-state index contributed by atoms with van der Waals surface area (Å²) >= 11 is 0. The average Bonchev–Trinajstić information content (AvgIpc) is 2.53. The van der Waals surface area contributed by atoms with E-state index in [0.29, 0.717) is 12.0 Å². The van der Waals surface area contributed by atoms with Crippen LogP contribution < -0.4 is 5.32 Å². The van der Waals surface area contributed by atoms with Crippen LogP contribution in [0.3, 0.4) is 0 Å².